The molecule has 0 radical (unpaired) electrons. The number of ether oxygens (including phenoxy) is 2. The van der Waals surface area contributed by atoms with Gasteiger partial charge in [0, 0.05) is 13.1 Å². The van der Waals surface area contributed by atoms with Gasteiger partial charge in [-0.1, -0.05) is 0 Å². The fourth-order valence-corrected chi connectivity index (χ4v) is 1.89. The quantitative estimate of drug-likeness (QED) is 0.766. The zero-order valence-electron chi connectivity index (χ0n) is 12.2. The van der Waals surface area contributed by atoms with Gasteiger partial charge in [-0.15, -0.1) is 0 Å². The van der Waals surface area contributed by atoms with Crippen molar-refractivity contribution in [1.82, 2.24) is 4.90 Å². The molecular formula is C13H24N2O4. The van der Waals surface area contributed by atoms with Gasteiger partial charge in [-0.05, 0) is 40.5 Å². The molecule has 0 aliphatic carbocycles. The first-order chi connectivity index (χ1) is 8.68. The van der Waals surface area contributed by atoms with Gasteiger partial charge in [0.15, 0.2) is 0 Å². The third kappa shape index (κ3) is 4.38. The Morgan fingerprint density at radius 2 is 1.79 bits per heavy atom. The van der Waals surface area contributed by atoms with E-state index < -0.39 is 11.1 Å². The monoisotopic (exact) mass is 272 g/mol. The van der Waals surface area contributed by atoms with Gasteiger partial charge in [0.2, 0.25) is 0 Å². The molecule has 0 saturated carbocycles. The molecule has 1 saturated heterocycles. The molecule has 0 aromatic heterocycles. The van der Waals surface area contributed by atoms with Crippen molar-refractivity contribution in [3.05, 3.63) is 0 Å². The van der Waals surface area contributed by atoms with Crippen LogP contribution in [0.4, 0.5) is 4.79 Å². The highest BCUT2D eigenvalue weighted by atomic mass is 16.6. The van der Waals surface area contributed by atoms with Crippen LogP contribution in [0.5, 0.6) is 0 Å². The summed E-state index contributed by atoms with van der Waals surface area (Å²) < 4.78 is 10.2. The number of esters is 1. The number of nitrogens with zero attached hydrogens (tertiary/aromatic N) is 1. The molecule has 0 unspecified atom stereocenters. The average Bonchev–Trinajstić information content (AvgIpc) is 2.27. The lowest BCUT2D eigenvalue weighted by molar-refractivity contribution is -0.151. The SMILES string of the molecule is CCOC(=O)C1(N)CCN(C(=O)OC(C)(C)C)CC1. The van der Waals surface area contributed by atoms with Crippen molar-refractivity contribution >= 4 is 12.1 Å². The summed E-state index contributed by atoms with van der Waals surface area (Å²) in [6.07, 6.45) is 0.425. The van der Waals surface area contributed by atoms with Gasteiger partial charge in [-0.25, -0.2) is 4.79 Å². The van der Waals surface area contributed by atoms with Gasteiger partial charge in [-0.3, -0.25) is 4.79 Å². The second-order valence-corrected chi connectivity index (χ2v) is 5.84. The number of hydrogen-bond donors (Lipinski definition) is 1. The van der Waals surface area contributed by atoms with Gasteiger partial charge in [0.05, 0.1) is 6.61 Å². The Morgan fingerprint density at radius 1 is 1.26 bits per heavy atom. The van der Waals surface area contributed by atoms with E-state index in [1.807, 2.05) is 20.8 Å². The van der Waals surface area contributed by atoms with Crippen molar-refractivity contribution in [2.24, 2.45) is 5.73 Å². The second kappa shape index (κ2) is 5.77. The van der Waals surface area contributed by atoms with E-state index in [4.69, 9.17) is 15.2 Å². The normalized spacial score (nSPS) is 18.9. The van der Waals surface area contributed by atoms with E-state index in [-0.39, 0.29) is 12.1 Å². The van der Waals surface area contributed by atoms with Gasteiger partial charge in [-0.2, -0.15) is 0 Å². The van der Waals surface area contributed by atoms with E-state index in [9.17, 15) is 9.59 Å². The summed E-state index contributed by atoms with van der Waals surface area (Å²) in [5.41, 5.74) is 4.53. The number of carbonyl (C=O) groups excluding carboxylic acids is 2. The molecule has 1 fully saturated rings. The Bertz CT molecular complexity index is 341. The number of amides is 1. The van der Waals surface area contributed by atoms with E-state index >= 15 is 0 Å². The highest BCUT2D eigenvalue weighted by molar-refractivity contribution is 5.81. The van der Waals surface area contributed by atoms with Gasteiger partial charge in [0.25, 0.3) is 0 Å². The van der Waals surface area contributed by atoms with Crippen LogP contribution in [0.2, 0.25) is 0 Å². The van der Waals surface area contributed by atoms with E-state index in [1.54, 1.807) is 11.8 Å². The van der Waals surface area contributed by atoms with Gasteiger partial charge in [0.1, 0.15) is 11.1 Å². The van der Waals surface area contributed by atoms with Crippen LogP contribution in [0.25, 0.3) is 0 Å². The first-order valence-electron chi connectivity index (χ1n) is 6.62. The van der Waals surface area contributed by atoms with Crippen LogP contribution in [0.15, 0.2) is 0 Å². The third-order valence-electron chi connectivity index (χ3n) is 2.99. The lowest BCUT2D eigenvalue weighted by Crippen LogP contribution is -2.57. The molecule has 1 amide bonds. The lowest BCUT2D eigenvalue weighted by atomic mass is 9.89. The van der Waals surface area contributed by atoms with Gasteiger partial charge >= 0.3 is 12.1 Å². The largest absolute Gasteiger partial charge is 0.465 e. The topological polar surface area (TPSA) is 81.9 Å². The minimum Gasteiger partial charge on any atom is -0.465 e. The van der Waals surface area contributed by atoms with Gasteiger partial charge < -0.3 is 20.1 Å². The maximum Gasteiger partial charge on any atom is 0.410 e. The van der Waals surface area contributed by atoms with E-state index in [0.29, 0.717) is 32.5 Å². The lowest BCUT2D eigenvalue weighted by Gasteiger charge is -2.37. The predicted octanol–water partition coefficient (Wildman–Crippen LogP) is 1.28. The molecular weight excluding hydrogens is 248 g/mol. The Morgan fingerprint density at radius 3 is 2.21 bits per heavy atom. The minimum absolute atomic E-state index is 0.313. The van der Waals surface area contributed by atoms with Crippen molar-refractivity contribution in [3.8, 4) is 0 Å². The van der Waals surface area contributed by atoms with E-state index in [1.165, 1.54) is 0 Å². The number of likely N-dealkylation sites (tertiary alicyclic amines) is 1. The summed E-state index contributed by atoms with van der Waals surface area (Å²) >= 11 is 0. The average molecular weight is 272 g/mol. The second-order valence-electron chi connectivity index (χ2n) is 5.84. The number of carbonyl (C=O) groups is 2. The van der Waals surface area contributed by atoms with Crippen LogP contribution in [0, 0.1) is 0 Å². The molecule has 110 valence electrons. The van der Waals surface area contributed by atoms with Crippen molar-refractivity contribution in [1.29, 1.82) is 0 Å². The van der Waals surface area contributed by atoms with E-state index in [2.05, 4.69) is 0 Å². The zero-order chi connectivity index (χ0) is 14.7. The molecule has 0 atom stereocenters. The summed E-state index contributed by atoms with van der Waals surface area (Å²) in [6.45, 7) is 8.33. The fraction of sp³-hybridized carbons (Fsp3) is 0.846. The summed E-state index contributed by atoms with van der Waals surface area (Å²) in [7, 11) is 0. The Kier molecular flexibility index (Phi) is 4.79. The molecule has 6 heteroatoms. The van der Waals surface area contributed by atoms with Crippen LogP contribution < -0.4 is 5.73 Å². The molecule has 19 heavy (non-hydrogen) atoms. The van der Waals surface area contributed by atoms with Crippen molar-refractivity contribution in [2.45, 2.75) is 51.7 Å². The molecule has 6 nitrogen and oxygen atoms in total. The molecule has 1 aliphatic rings. The highest BCUT2D eigenvalue weighted by Gasteiger charge is 2.40. The summed E-state index contributed by atoms with van der Waals surface area (Å²) in [5.74, 6) is -0.390. The standard InChI is InChI=1S/C13H24N2O4/c1-5-18-10(16)13(14)6-8-15(9-7-13)11(17)19-12(2,3)4/h5-9,14H2,1-4H3. The van der Waals surface area contributed by atoms with E-state index in [0.717, 1.165) is 0 Å². The minimum atomic E-state index is -0.978. The molecule has 0 aromatic carbocycles. The highest BCUT2D eigenvalue weighted by Crippen LogP contribution is 2.22. The summed E-state index contributed by atoms with van der Waals surface area (Å²) in [5, 5.41) is 0. The summed E-state index contributed by atoms with van der Waals surface area (Å²) in [4.78, 5) is 25.2. The first-order valence-corrected chi connectivity index (χ1v) is 6.62. The Labute approximate surface area is 114 Å². The predicted molar refractivity (Wildman–Crippen MR) is 70.6 cm³/mol. The van der Waals surface area contributed by atoms with Crippen LogP contribution >= 0.6 is 0 Å². The van der Waals surface area contributed by atoms with Crippen LogP contribution in [0.3, 0.4) is 0 Å². The Balaban J connectivity index is 2.53. The molecule has 1 rings (SSSR count). The molecule has 0 spiro atoms. The fourth-order valence-electron chi connectivity index (χ4n) is 1.89. The molecule has 0 aromatic rings. The van der Waals surface area contributed by atoms with Crippen molar-refractivity contribution in [3.63, 3.8) is 0 Å². The summed E-state index contributed by atoms with van der Waals surface area (Å²) in [6, 6.07) is 0. The van der Waals surface area contributed by atoms with Crippen molar-refractivity contribution in [2.75, 3.05) is 19.7 Å². The molecule has 1 heterocycles. The maximum absolute atomic E-state index is 11.9. The molecule has 1 aliphatic heterocycles. The molecule has 2 N–H and O–H groups in total. The molecule has 0 bridgehead atoms. The number of piperidine rings is 1. The first kappa shape index (κ1) is 15.8. The zero-order valence-corrected chi connectivity index (χ0v) is 12.2. The smallest absolute Gasteiger partial charge is 0.410 e. The number of hydrogen-bond acceptors (Lipinski definition) is 5. The number of nitrogens with two attached hydrogens (primary N) is 1. The maximum atomic E-state index is 11.9. The van der Waals surface area contributed by atoms with Crippen molar-refractivity contribution < 1.29 is 19.1 Å². The van der Waals surface area contributed by atoms with Crippen LogP contribution in [-0.2, 0) is 14.3 Å². The third-order valence-corrected chi connectivity index (χ3v) is 2.99. The van der Waals surface area contributed by atoms with Crippen LogP contribution in [-0.4, -0.2) is 47.8 Å². The Hall–Kier alpha value is -1.30. The number of rotatable bonds is 2. The van der Waals surface area contributed by atoms with Crippen LogP contribution in [0.1, 0.15) is 40.5 Å².